The van der Waals surface area contributed by atoms with Gasteiger partial charge >= 0.3 is 0 Å². The van der Waals surface area contributed by atoms with E-state index in [1.165, 1.54) is 0 Å². The van der Waals surface area contributed by atoms with Crippen molar-refractivity contribution in [3.63, 3.8) is 0 Å². The van der Waals surface area contributed by atoms with Crippen LogP contribution in [0.1, 0.15) is 0 Å². The van der Waals surface area contributed by atoms with Gasteiger partial charge in [-0.15, -0.1) is 10.2 Å². The smallest absolute Gasteiger partial charge is 0.181 e. The first-order valence-corrected chi connectivity index (χ1v) is 9.23. The predicted octanol–water partition coefficient (Wildman–Crippen LogP) is 2.76. The number of aromatic nitrogens is 3. The first-order valence-electron chi connectivity index (χ1n) is 9.23. The molecule has 142 valence electrons. The molecule has 7 heteroatoms. The maximum atomic E-state index is 5.65. The molecule has 0 radical (unpaired) electrons. The standard InChI is InChI=1S/C21H19N3O4/c1-5-16(25-10-18-12-27-18)6-2-14(1)20-9-22-21(24-23-20)15-3-7-17(8-4-15)26-11-19-13-28-19/h1-9,18-19H,10-13H2/t18-,19-/m0/s1. The Kier molecular flexibility index (Phi) is 4.60. The Balaban J connectivity index is 1.23. The number of hydrogen-bond acceptors (Lipinski definition) is 7. The number of benzene rings is 2. The van der Waals surface area contributed by atoms with Gasteiger partial charge in [0.1, 0.15) is 42.6 Å². The van der Waals surface area contributed by atoms with Gasteiger partial charge in [-0.3, -0.25) is 0 Å². The quantitative estimate of drug-likeness (QED) is 0.558. The molecule has 2 atom stereocenters. The molecular weight excluding hydrogens is 358 g/mol. The highest BCUT2D eigenvalue weighted by Crippen LogP contribution is 2.23. The molecule has 2 fully saturated rings. The molecule has 2 aliphatic rings. The minimum absolute atomic E-state index is 0.243. The van der Waals surface area contributed by atoms with E-state index in [1.807, 2.05) is 48.5 Å². The van der Waals surface area contributed by atoms with Gasteiger partial charge in [-0.2, -0.15) is 0 Å². The lowest BCUT2D eigenvalue weighted by Crippen LogP contribution is -2.04. The minimum Gasteiger partial charge on any atom is -0.491 e. The Labute approximate surface area is 162 Å². The first kappa shape index (κ1) is 17.1. The lowest BCUT2D eigenvalue weighted by atomic mass is 10.1. The monoisotopic (exact) mass is 377 g/mol. The van der Waals surface area contributed by atoms with Crippen LogP contribution in [0.2, 0.25) is 0 Å². The Morgan fingerprint density at radius 1 is 0.750 bits per heavy atom. The second-order valence-corrected chi connectivity index (χ2v) is 6.75. The summed E-state index contributed by atoms with van der Waals surface area (Å²) in [7, 11) is 0. The normalized spacial score (nSPS) is 19.9. The lowest BCUT2D eigenvalue weighted by molar-refractivity contribution is 0.263. The predicted molar refractivity (Wildman–Crippen MR) is 101 cm³/mol. The molecule has 1 aromatic heterocycles. The molecule has 5 rings (SSSR count). The summed E-state index contributed by atoms with van der Waals surface area (Å²) >= 11 is 0. The van der Waals surface area contributed by atoms with Gasteiger partial charge in [0.25, 0.3) is 0 Å². The van der Waals surface area contributed by atoms with Crippen LogP contribution in [-0.2, 0) is 9.47 Å². The average molecular weight is 377 g/mol. The van der Waals surface area contributed by atoms with E-state index in [0.29, 0.717) is 24.7 Å². The average Bonchev–Trinajstić information content (AvgIpc) is 3.67. The van der Waals surface area contributed by atoms with Crippen LogP contribution in [0.5, 0.6) is 11.5 Å². The number of ether oxygens (including phenoxy) is 4. The van der Waals surface area contributed by atoms with Crippen LogP contribution in [-0.4, -0.2) is 53.8 Å². The van der Waals surface area contributed by atoms with E-state index in [4.69, 9.17) is 18.9 Å². The van der Waals surface area contributed by atoms with E-state index < -0.39 is 0 Å². The summed E-state index contributed by atoms with van der Waals surface area (Å²) in [4.78, 5) is 4.45. The maximum Gasteiger partial charge on any atom is 0.181 e. The third kappa shape index (κ3) is 4.27. The zero-order valence-electron chi connectivity index (χ0n) is 15.2. The van der Waals surface area contributed by atoms with Gasteiger partial charge in [0.15, 0.2) is 5.82 Å². The number of hydrogen-bond donors (Lipinski definition) is 0. The van der Waals surface area contributed by atoms with Crippen LogP contribution in [0.25, 0.3) is 22.6 Å². The Morgan fingerprint density at radius 3 is 1.75 bits per heavy atom. The van der Waals surface area contributed by atoms with Crippen LogP contribution < -0.4 is 9.47 Å². The van der Waals surface area contributed by atoms with E-state index in [-0.39, 0.29) is 12.2 Å². The highest BCUT2D eigenvalue weighted by molar-refractivity contribution is 5.61. The summed E-state index contributed by atoms with van der Waals surface area (Å²) in [5.74, 6) is 2.19. The second kappa shape index (κ2) is 7.53. The molecule has 7 nitrogen and oxygen atoms in total. The van der Waals surface area contributed by atoms with Crippen molar-refractivity contribution in [1.82, 2.24) is 15.2 Å². The summed E-state index contributed by atoms with van der Waals surface area (Å²) in [5.41, 5.74) is 2.54. The van der Waals surface area contributed by atoms with Gasteiger partial charge in [0.2, 0.25) is 0 Å². The van der Waals surface area contributed by atoms with Gasteiger partial charge in [0, 0.05) is 11.1 Å². The SMILES string of the molecule is c1cc(-c2cnc(-c3ccc(OC[C@H]4CO4)cc3)nn2)ccc1OC[C@H]1CO1. The Bertz CT molecular complexity index is 843. The molecule has 3 heterocycles. The van der Waals surface area contributed by atoms with Crippen molar-refractivity contribution in [3.05, 3.63) is 54.7 Å². The lowest BCUT2D eigenvalue weighted by Gasteiger charge is -2.06. The summed E-state index contributed by atoms with van der Waals surface area (Å²) in [5, 5.41) is 8.57. The van der Waals surface area contributed by atoms with Crippen LogP contribution in [0, 0.1) is 0 Å². The van der Waals surface area contributed by atoms with Crippen molar-refractivity contribution in [1.29, 1.82) is 0 Å². The van der Waals surface area contributed by atoms with Crippen molar-refractivity contribution >= 4 is 0 Å². The molecule has 0 spiro atoms. The van der Waals surface area contributed by atoms with Gasteiger partial charge in [0.05, 0.1) is 19.4 Å². The Hall–Kier alpha value is -3.03. The zero-order chi connectivity index (χ0) is 18.8. The summed E-state index contributed by atoms with van der Waals surface area (Å²) < 4.78 is 21.6. The molecule has 0 bridgehead atoms. The second-order valence-electron chi connectivity index (χ2n) is 6.75. The van der Waals surface area contributed by atoms with Crippen LogP contribution in [0.4, 0.5) is 0 Å². The third-order valence-electron chi connectivity index (χ3n) is 4.50. The van der Waals surface area contributed by atoms with Crippen molar-refractivity contribution in [2.45, 2.75) is 12.2 Å². The number of nitrogens with zero attached hydrogens (tertiary/aromatic N) is 3. The minimum atomic E-state index is 0.243. The fraction of sp³-hybridized carbons (Fsp3) is 0.286. The maximum absolute atomic E-state index is 5.65. The number of epoxide rings is 2. The van der Waals surface area contributed by atoms with Crippen molar-refractivity contribution in [2.24, 2.45) is 0 Å². The summed E-state index contributed by atoms with van der Waals surface area (Å²) in [6.45, 7) is 2.75. The largest absolute Gasteiger partial charge is 0.491 e. The molecule has 2 saturated heterocycles. The third-order valence-corrected chi connectivity index (χ3v) is 4.50. The molecule has 3 aromatic rings. The van der Waals surface area contributed by atoms with Crippen molar-refractivity contribution in [2.75, 3.05) is 26.4 Å². The van der Waals surface area contributed by atoms with E-state index >= 15 is 0 Å². The van der Waals surface area contributed by atoms with Gasteiger partial charge in [-0.1, -0.05) is 0 Å². The molecule has 0 unspecified atom stereocenters. The molecule has 0 amide bonds. The molecular formula is C21H19N3O4. The van der Waals surface area contributed by atoms with E-state index in [1.54, 1.807) is 6.20 Å². The van der Waals surface area contributed by atoms with E-state index in [0.717, 1.165) is 35.8 Å². The van der Waals surface area contributed by atoms with E-state index in [2.05, 4.69) is 15.2 Å². The zero-order valence-corrected chi connectivity index (χ0v) is 15.2. The fourth-order valence-electron chi connectivity index (χ4n) is 2.67. The van der Waals surface area contributed by atoms with Crippen LogP contribution in [0.15, 0.2) is 54.7 Å². The summed E-state index contributed by atoms with van der Waals surface area (Å²) in [6, 6.07) is 15.4. The highest BCUT2D eigenvalue weighted by atomic mass is 16.6. The Morgan fingerprint density at radius 2 is 1.29 bits per heavy atom. The number of rotatable bonds is 8. The highest BCUT2D eigenvalue weighted by Gasteiger charge is 2.23. The fourth-order valence-corrected chi connectivity index (χ4v) is 2.67. The van der Waals surface area contributed by atoms with Crippen LogP contribution >= 0.6 is 0 Å². The molecule has 2 aromatic carbocycles. The molecule has 2 aliphatic heterocycles. The molecule has 0 aliphatic carbocycles. The van der Waals surface area contributed by atoms with Crippen molar-refractivity contribution < 1.29 is 18.9 Å². The topological polar surface area (TPSA) is 82.2 Å². The van der Waals surface area contributed by atoms with Crippen molar-refractivity contribution in [3.8, 4) is 34.1 Å². The van der Waals surface area contributed by atoms with Gasteiger partial charge in [-0.25, -0.2) is 4.98 Å². The molecule has 28 heavy (non-hydrogen) atoms. The van der Waals surface area contributed by atoms with Gasteiger partial charge < -0.3 is 18.9 Å². The molecule has 0 N–H and O–H groups in total. The van der Waals surface area contributed by atoms with E-state index in [9.17, 15) is 0 Å². The first-order chi connectivity index (χ1) is 13.8. The van der Waals surface area contributed by atoms with Crippen LogP contribution in [0.3, 0.4) is 0 Å². The molecule has 0 saturated carbocycles. The summed E-state index contributed by atoms with van der Waals surface area (Å²) in [6.07, 6.45) is 2.22. The van der Waals surface area contributed by atoms with Gasteiger partial charge in [-0.05, 0) is 48.5 Å².